The molecule has 0 radical (unpaired) electrons. The highest BCUT2D eigenvalue weighted by atomic mass is 16.5. The van der Waals surface area contributed by atoms with Gasteiger partial charge < -0.3 is 19.5 Å². The fourth-order valence-corrected chi connectivity index (χ4v) is 4.24. The standard InChI is InChI=1S/C29H33N3O3/c1-19-14-27(32-31-19)21(3)30-17-26-28(33-4)15-24(16-29(26)34-5)35-18-23-12-9-13-25(20(23)2)22-10-7-6-8-11-22/h6-13,15-16,21,30H,14,17-18H2,1-5H3. The molecule has 0 saturated heterocycles. The first kappa shape index (κ1) is 24.5. The molecule has 0 amide bonds. The van der Waals surface area contributed by atoms with E-state index in [9.17, 15) is 0 Å². The van der Waals surface area contributed by atoms with Crippen molar-refractivity contribution in [1.82, 2.24) is 5.32 Å². The second kappa shape index (κ2) is 11.2. The highest BCUT2D eigenvalue weighted by molar-refractivity contribution is 6.08. The normalized spacial score (nSPS) is 13.7. The summed E-state index contributed by atoms with van der Waals surface area (Å²) in [5.74, 6) is 2.13. The van der Waals surface area contributed by atoms with Crippen LogP contribution < -0.4 is 19.5 Å². The molecule has 1 atom stereocenters. The van der Waals surface area contributed by atoms with Gasteiger partial charge in [-0.25, -0.2) is 0 Å². The molecule has 4 rings (SSSR count). The first-order valence-electron chi connectivity index (χ1n) is 11.8. The molecule has 1 aliphatic rings. The lowest BCUT2D eigenvalue weighted by Crippen LogP contribution is -2.33. The van der Waals surface area contributed by atoms with E-state index in [0.29, 0.717) is 18.9 Å². The number of nitrogens with one attached hydrogen (secondary N) is 1. The first-order valence-corrected chi connectivity index (χ1v) is 11.8. The lowest BCUT2D eigenvalue weighted by atomic mass is 9.97. The molecule has 0 spiro atoms. The topological polar surface area (TPSA) is 64.4 Å². The van der Waals surface area contributed by atoms with Gasteiger partial charge in [-0.05, 0) is 43.0 Å². The van der Waals surface area contributed by atoms with Crippen LogP contribution in [0.2, 0.25) is 0 Å². The van der Waals surface area contributed by atoms with E-state index in [-0.39, 0.29) is 6.04 Å². The second-order valence-electron chi connectivity index (χ2n) is 8.76. The minimum Gasteiger partial charge on any atom is -0.496 e. The fraction of sp³-hybridized carbons (Fsp3) is 0.310. The molecule has 6 heteroatoms. The highest BCUT2D eigenvalue weighted by Crippen LogP contribution is 2.35. The van der Waals surface area contributed by atoms with Crippen molar-refractivity contribution in [2.45, 2.75) is 46.4 Å². The Kier molecular flexibility index (Phi) is 7.83. The van der Waals surface area contributed by atoms with Gasteiger partial charge in [0.2, 0.25) is 0 Å². The molecule has 0 fully saturated rings. The molecule has 35 heavy (non-hydrogen) atoms. The Morgan fingerprint density at radius 2 is 1.63 bits per heavy atom. The van der Waals surface area contributed by atoms with Crippen molar-refractivity contribution in [3.05, 3.63) is 77.4 Å². The van der Waals surface area contributed by atoms with Crippen LogP contribution >= 0.6 is 0 Å². The third kappa shape index (κ3) is 5.72. The summed E-state index contributed by atoms with van der Waals surface area (Å²) in [4.78, 5) is 0. The van der Waals surface area contributed by atoms with Crippen molar-refractivity contribution in [2.75, 3.05) is 14.2 Å². The average Bonchev–Trinajstić information content (AvgIpc) is 3.33. The smallest absolute Gasteiger partial charge is 0.130 e. The minimum atomic E-state index is 0.0985. The SMILES string of the molecule is COc1cc(OCc2cccc(-c3ccccc3)c2C)cc(OC)c1CNC(C)C1=NN=C(C)C1. The van der Waals surface area contributed by atoms with E-state index in [4.69, 9.17) is 14.2 Å². The number of hydrogen-bond donors (Lipinski definition) is 1. The summed E-state index contributed by atoms with van der Waals surface area (Å²) in [5.41, 5.74) is 7.77. The zero-order chi connectivity index (χ0) is 24.8. The molecule has 1 N–H and O–H groups in total. The Morgan fingerprint density at radius 3 is 2.26 bits per heavy atom. The highest BCUT2D eigenvalue weighted by Gasteiger charge is 2.19. The van der Waals surface area contributed by atoms with Gasteiger partial charge in [0.25, 0.3) is 0 Å². The Hall–Kier alpha value is -3.64. The quantitative estimate of drug-likeness (QED) is 0.396. The molecule has 3 aromatic rings. The number of hydrogen-bond acceptors (Lipinski definition) is 6. The van der Waals surface area contributed by atoms with E-state index in [1.165, 1.54) is 16.7 Å². The van der Waals surface area contributed by atoms with Crippen LogP contribution in [0.25, 0.3) is 11.1 Å². The van der Waals surface area contributed by atoms with Crippen molar-refractivity contribution in [3.63, 3.8) is 0 Å². The average molecular weight is 472 g/mol. The maximum Gasteiger partial charge on any atom is 0.130 e. The molecule has 6 nitrogen and oxygen atoms in total. The zero-order valence-corrected chi connectivity index (χ0v) is 21.1. The predicted molar refractivity (Wildman–Crippen MR) is 142 cm³/mol. The van der Waals surface area contributed by atoms with Crippen molar-refractivity contribution in [2.24, 2.45) is 10.2 Å². The van der Waals surface area contributed by atoms with Gasteiger partial charge in [0.15, 0.2) is 0 Å². The third-order valence-corrected chi connectivity index (χ3v) is 6.38. The molecule has 0 bridgehead atoms. The molecule has 1 heterocycles. The van der Waals surface area contributed by atoms with E-state index in [2.05, 4.69) is 71.8 Å². The van der Waals surface area contributed by atoms with Gasteiger partial charge in [0.1, 0.15) is 23.9 Å². The molecule has 0 aromatic heterocycles. The summed E-state index contributed by atoms with van der Waals surface area (Å²) in [7, 11) is 3.33. The van der Waals surface area contributed by atoms with Crippen molar-refractivity contribution in [1.29, 1.82) is 0 Å². The Bertz CT molecular complexity index is 1210. The lowest BCUT2D eigenvalue weighted by Gasteiger charge is -2.19. The van der Waals surface area contributed by atoms with Gasteiger partial charge >= 0.3 is 0 Å². The largest absolute Gasteiger partial charge is 0.496 e. The maximum atomic E-state index is 6.21. The van der Waals surface area contributed by atoms with Gasteiger partial charge in [0, 0.05) is 36.9 Å². The second-order valence-corrected chi connectivity index (χ2v) is 8.76. The summed E-state index contributed by atoms with van der Waals surface area (Å²) in [5, 5.41) is 11.9. The van der Waals surface area contributed by atoms with Crippen LogP contribution in [0.15, 0.2) is 70.9 Å². The number of benzene rings is 3. The number of nitrogens with zero attached hydrogens (tertiary/aromatic N) is 2. The van der Waals surface area contributed by atoms with Crippen LogP contribution in [0.3, 0.4) is 0 Å². The lowest BCUT2D eigenvalue weighted by molar-refractivity contribution is 0.298. The van der Waals surface area contributed by atoms with Crippen LogP contribution in [-0.4, -0.2) is 31.7 Å². The van der Waals surface area contributed by atoms with Crippen LogP contribution in [0, 0.1) is 6.92 Å². The van der Waals surface area contributed by atoms with Crippen molar-refractivity contribution >= 4 is 11.4 Å². The Labute approximate surface area is 207 Å². The van der Waals surface area contributed by atoms with E-state index < -0.39 is 0 Å². The molecule has 0 saturated carbocycles. The fourth-order valence-electron chi connectivity index (χ4n) is 4.24. The van der Waals surface area contributed by atoms with E-state index in [1.807, 2.05) is 25.1 Å². The Balaban J connectivity index is 1.48. The van der Waals surface area contributed by atoms with E-state index in [1.54, 1.807) is 14.2 Å². The van der Waals surface area contributed by atoms with Gasteiger partial charge in [-0.3, -0.25) is 0 Å². The monoisotopic (exact) mass is 471 g/mol. The first-order chi connectivity index (χ1) is 17.0. The number of methoxy groups -OCH3 is 2. The predicted octanol–water partition coefficient (Wildman–Crippen LogP) is 5.96. The number of rotatable bonds is 10. The molecule has 3 aromatic carbocycles. The summed E-state index contributed by atoms with van der Waals surface area (Å²) < 4.78 is 17.6. The molecule has 0 aliphatic carbocycles. The van der Waals surface area contributed by atoms with Crippen LogP contribution in [0.5, 0.6) is 17.2 Å². The van der Waals surface area contributed by atoms with Crippen LogP contribution in [0.1, 0.15) is 37.0 Å². The number of ether oxygens (including phenoxy) is 3. The molecule has 1 aliphatic heterocycles. The summed E-state index contributed by atoms with van der Waals surface area (Å²) >= 11 is 0. The van der Waals surface area contributed by atoms with Gasteiger partial charge in [0.05, 0.1) is 25.5 Å². The van der Waals surface area contributed by atoms with E-state index in [0.717, 1.165) is 40.5 Å². The minimum absolute atomic E-state index is 0.0985. The van der Waals surface area contributed by atoms with Crippen LogP contribution in [-0.2, 0) is 13.2 Å². The molecular weight excluding hydrogens is 438 g/mol. The Morgan fingerprint density at radius 1 is 0.914 bits per heavy atom. The molecule has 182 valence electrons. The van der Waals surface area contributed by atoms with Gasteiger partial charge in [-0.2, -0.15) is 10.2 Å². The van der Waals surface area contributed by atoms with Crippen molar-refractivity contribution < 1.29 is 14.2 Å². The molecular formula is C29H33N3O3. The van der Waals surface area contributed by atoms with Gasteiger partial charge in [-0.1, -0.05) is 48.5 Å². The third-order valence-electron chi connectivity index (χ3n) is 6.38. The summed E-state index contributed by atoms with van der Waals surface area (Å²) in [6.45, 7) is 7.25. The van der Waals surface area contributed by atoms with E-state index >= 15 is 0 Å². The van der Waals surface area contributed by atoms with Gasteiger partial charge in [-0.15, -0.1) is 0 Å². The van der Waals surface area contributed by atoms with Crippen LogP contribution in [0.4, 0.5) is 0 Å². The van der Waals surface area contributed by atoms with Crippen molar-refractivity contribution in [3.8, 4) is 28.4 Å². The maximum absolute atomic E-state index is 6.21. The molecule has 1 unspecified atom stereocenters. The summed E-state index contributed by atoms with van der Waals surface area (Å²) in [6.07, 6.45) is 0.806. The summed E-state index contributed by atoms with van der Waals surface area (Å²) in [6, 6.07) is 20.7. The zero-order valence-electron chi connectivity index (χ0n) is 21.1.